The number of sulfonamides is 1. The molecule has 1 atom stereocenters. The van der Waals surface area contributed by atoms with Gasteiger partial charge in [0, 0.05) is 12.6 Å². The Bertz CT molecular complexity index is 599. The molecule has 0 spiro atoms. The van der Waals surface area contributed by atoms with Crippen LogP contribution in [0.3, 0.4) is 0 Å². The number of nitrogens with one attached hydrogen (secondary N) is 2. The Labute approximate surface area is 139 Å². The van der Waals surface area contributed by atoms with Crippen LogP contribution in [0.5, 0.6) is 5.75 Å². The first kappa shape index (κ1) is 19.2. The summed E-state index contributed by atoms with van der Waals surface area (Å²) < 4.78 is 32.9. The Kier molecular flexibility index (Phi) is 7.12. The van der Waals surface area contributed by atoms with Gasteiger partial charge in [-0.2, -0.15) is 0 Å². The molecule has 1 saturated heterocycles. The van der Waals surface area contributed by atoms with Crippen LogP contribution < -0.4 is 14.8 Å². The largest absolute Gasteiger partial charge is 0.495 e. The Hall–Kier alpha value is -0.820. The van der Waals surface area contributed by atoms with Gasteiger partial charge in [0.15, 0.2) is 0 Å². The normalized spacial score (nSPS) is 18.0. The summed E-state index contributed by atoms with van der Waals surface area (Å²) in [4.78, 5) is 0.224. The number of methoxy groups -OCH3 is 1. The van der Waals surface area contributed by atoms with Crippen molar-refractivity contribution in [3.05, 3.63) is 23.3 Å². The molecular formula is C15H25ClN2O3S. The summed E-state index contributed by atoms with van der Waals surface area (Å²) >= 11 is 0. The van der Waals surface area contributed by atoms with Crippen molar-refractivity contribution in [2.75, 3.05) is 20.2 Å². The number of hydrogen-bond acceptors (Lipinski definition) is 4. The Morgan fingerprint density at radius 2 is 2.09 bits per heavy atom. The summed E-state index contributed by atoms with van der Waals surface area (Å²) in [5.41, 5.74) is 1.74. The maximum atomic E-state index is 12.5. The third-order valence-corrected chi connectivity index (χ3v) is 5.29. The number of ether oxygens (including phenoxy) is 1. The Morgan fingerprint density at radius 1 is 1.36 bits per heavy atom. The van der Waals surface area contributed by atoms with Gasteiger partial charge >= 0.3 is 0 Å². The fraction of sp³-hybridized carbons (Fsp3) is 0.600. The van der Waals surface area contributed by atoms with Crippen molar-refractivity contribution >= 4 is 22.4 Å². The molecule has 1 fully saturated rings. The van der Waals surface area contributed by atoms with E-state index in [1.54, 1.807) is 6.07 Å². The molecule has 1 aromatic carbocycles. The molecule has 0 amide bonds. The predicted molar refractivity (Wildman–Crippen MR) is 90.5 cm³/mol. The van der Waals surface area contributed by atoms with Gasteiger partial charge in [-0.25, -0.2) is 13.1 Å². The topological polar surface area (TPSA) is 67.4 Å². The molecule has 0 aliphatic carbocycles. The van der Waals surface area contributed by atoms with Gasteiger partial charge in [-0.05, 0) is 56.8 Å². The molecule has 2 N–H and O–H groups in total. The summed E-state index contributed by atoms with van der Waals surface area (Å²) in [5, 5.41) is 3.36. The van der Waals surface area contributed by atoms with Crippen LogP contribution in [-0.2, 0) is 10.0 Å². The predicted octanol–water partition coefficient (Wildman–Crippen LogP) is 2.15. The smallest absolute Gasteiger partial charge is 0.244 e. The zero-order valence-corrected chi connectivity index (χ0v) is 14.9. The lowest BCUT2D eigenvalue weighted by Crippen LogP contribution is -2.31. The van der Waals surface area contributed by atoms with E-state index in [0.717, 1.165) is 30.5 Å². The molecule has 0 bridgehead atoms. The number of halogens is 1. The second kappa shape index (κ2) is 8.15. The third kappa shape index (κ3) is 4.59. The summed E-state index contributed by atoms with van der Waals surface area (Å²) in [6.45, 7) is 5.21. The number of rotatable bonds is 6. The summed E-state index contributed by atoms with van der Waals surface area (Å²) in [5.74, 6) is 0.423. The van der Waals surface area contributed by atoms with E-state index >= 15 is 0 Å². The summed E-state index contributed by atoms with van der Waals surface area (Å²) in [7, 11) is -2.04. The lowest BCUT2D eigenvalue weighted by Gasteiger charge is -2.15. The van der Waals surface area contributed by atoms with Gasteiger partial charge in [0.25, 0.3) is 0 Å². The quantitative estimate of drug-likeness (QED) is 0.826. The summed E-state index contributed by atoms with van der Waals surface area (Å²) in [6.07, 6.45) is 3.10. The van der Waals surface area contributed by atoms with Crippen molar-refractivity contribution in [2.45, 2.75) is 44.0 Å². The van der Waals surface area contributed by atoms with Crippen LogP contribution in [-0.4, -0.2) is 34.7 Å². The maximum Gasteiger partial charge on any atom is 0.244 e. The second-order valence-corrected chi connectivity index (χ2v) is 7.33. The maximum absolute atomic E-state index is 12.5. The van der Waals surface area contributed by atoms with Crippen molar-refractivity contribution in [3.63, 3.8) is 0 Å². The highest BCUT2D eigenvalue weighted by atomic mass is 35.5. The lowest BCUT2D eigenvalue weighted by atomic mass is 10.1. The minimum Gasteiger partial charge on any atom is -0.495 e. The van der Waals surface area contributed by atoms with Gasteiger partial charge in [-0.1, -0.05) is 6.07 Å². The van der Waals surface area contributed by atoms with Gasteiger partial charge in [-0.3, -0.25) is 0 Å². The standard InChI is InChI=1S/C15H24N2O3S.ClH/c1-11-9-12(2)15(20-3)14(10-11)21(18,19)17-8-6-13-5-4-7-16-13;/h9-10,13,16-17H,4-8H2,1-3H3;1H/t13-;/m1./s1. The fourth-order valence-corrected chi connectivity index (χ4v) is 4.20. The van der Waals surface area contributed by atoms with Gasteiger partial charge < -0.3 is 10.1 Å². The van der Waals surface area contributed by atoms with Crippen LogP contribution in [0.4, 0.5) is 0 Å². The van der Waals surface area contributed by atoms with Crippen LogP contribution in [0.1, 0.15) is 30.4 Å². The molecule has 1 aliphatic heterocycles. The van der Waals surface area contributed by atoms with Crippen LogP contribution in [0.15, 0.2) is 17.0 Å². The average molecular weight is 349 g/mol. The molecule has 2 rings (SSSR count). The molecule has 5 nitrogen and oxygen atoms in total. The zero-order chi connectivity index (χ0) is 15.5. The van der Waals surface area contributed by atoms with Crippen molar-refractivity contribution in [1.29, 1.82) is 0 Å². The minimum absolute atomic E-state index is 0. The molecule has 7 heteroatoms. The molecule has 126 valence electrons. The van der Waals surface area contributed by atoms with Crippen molar-refractivity contribution in [1.82, 2.24) is 10.0 Å². The first-order chi connectivity index (χ1) is 9.94. The van der Waals surface area contributed by atoms with Crippen LogP contribution in [0.2, 0.25) is 0 Å². The highest BCUT2D eigenvalue weighted by Crippen LogP contribution is 2.28. The van der Waals surface area contributed by atoms with Crippen LogP contribution in [0.25, 0.3) is 0 Å². The van der Waals surface area contributed by atoms with Crippen LogP contribution in [0, 0.1) is 13.8 Å². The monoisotopic (exact) mass is 348 g/mol. The molecule has 0 radical (unpaired) electrons. The van der Waals surface area contributed by atoms with Crippen molar-refractivity contribution in [3.8, 4) is 5.75 Å². The molecule has 0 aromatic heterocycles. The SMILES string of the molecule is COc1c(C)cc(C)cc1S(=O)(=O)NCC[C@H]1CCCN1.Cl. The van der Waals surface area contributed by atoms with E-state index < -0.39 is 10.0 Å². The van der Waals surface area contributed by atoms with Gasteiger partial charge in [0.2, 0.25) is 10.0 Å². The van der Waals surface area contributed by atoms with Crippen molar-refractivity contribution in [2.24, 2.45) is 0 Å². The Morgan fingerprint density at radius 3 is 2.68 bits per heavy atom. The second-order valence-electron chi connectivity index (χ2n) is 5.59. The van der Waals surface area contributed by atoms with E-state index in [-0.39, 0.29) is 17.3 Å². The molecule has 0 unspecified atom stereocenters. The fourth-order valence-electron chi connectivity index (χ4n) is 2.82. The van der Waals surface area contributed by atoms with Gasteiger partial charge in [0.1, 0.15) is 10.6 Å². The first-order valence-corrected chi connectivity index (χ1v) is 8.80. The number of hydrogen-bond donors (Lipinski definition) is 2. The lowest BCUT2D eigenvalue weighted by molar-refractivity contribution is 0.399. The van der Waals surface area contributed by atoms with Gasteiger partial charge in [0.05, 0.1) is 7.11 Å². The molecule has 1 aliphatic rings. The van der Waals surface area contributed by atoms with E-state index in [1.165, 1.54) is 13.5 Å². The average Bonchev–Trinajstić information content (AvgIpc) is 2.91. The highest BCUT2D eigenvalue weighted by molar-refractivity contribution is 7.89. The van der Waals surface area contributed by atoms with E-state index in [0.29, 0.717) is 18.3 Å². The van der Waals surface area contributed by atoms with E-state index in [2.05, 4.69) is 10.0 Å². The Balaban J connectivity index is 0.00000242. The summed E-state index contributed by atoms with van der Waals surface area (Å²) in [6, 6.07) is 4.00. The molecule has 22 heavy (non-hydrogen) atoms. The molecule has 1 heterocycles. The number of aryl methyl sites for hydroxylation is 2. The first-order valence-electron chi connectivity index (χ1n) is 7.32. The van der Waals surface area contributed by atoms with E-state index in [9.17, 15) is 8.42 Å². The van der Waals surface area contributed by atoms with Crippen molar-refractivity contribution < 1.29 is 13.2 Å². The minimum atomic E-state index is -3.54. The number of benzene rings is 1. The van der Waals surface area contributed by atoms with E-state index in [1.807, 2.05) is 19.9 Å². The molecule has 1 aromatic rings. The zero-order valence-electron chi connectivity index (χ0n) is 13.3. The molecule has 0 saturated carbocycles. The third-order valence-electron chi connectivity index (χ3n) is 3.83. The van der Waals surface area contributed by atoms with E-state index in [4.69, 9.17) is 4.74 Å². The van der Waals surface area contributed by atoms with Gasteiger partial charge in [-0.15, -0.1) is 12.4 Å². The van der Waals surface area contributed by atoms with Crippen LogP contribution >= 0.6 is 12.4 Å². The molecular weight excluding hydrogens is 324 g/mol. The highest BCUT2D eigenvalue weighted by Gasteiger charge is 2.22.